The zero-order valence-corrected chi connectivity index (χ0v) is 12.1. The Morgan fingerprint density at radius 2 is 1.73 bits per heavy atom. The van der Waals surface area contributed by atoms with Crippen molar-refractivity contribution in [2.45, 2.75) is 19.3 Å². The Morgan fingerprint density at radius 1 is 1.00 bits per heavy atom. The number of phenols is 2. The molecule has 1 aliphatic heterocycles. The minimum atomic E-state index is -0.237. The van der Waals surface area contributed by atoms with E-state index in [0.29, 0.717) is 12.2 Å². The highest BCUT2D eigenvalue weighted by Crippen LogP contribution is 2.30. The Balaban J connectivity index is 1.85. The summed E-state index contributed by atoms with van der Waals surface area (Å²) in [5, 5.41) is 21.8. The monoisotopic (exact) mass is 298 g/mol. The first-order valence-corrected chi connectivity index (χ1v) is 7.33. The molecule has 0 saturated heterocycles. The minimum absolute atomic E-state index is 0.156. The Hall–Kier alpha value is -2.69. The molecule has 3 rings (SSSR count). The molecule has 0 aromatic heterocycles. The summed E-state index contributed by atoms with van der Waals surface area (Å²) in [5.41, 5.74) is 2.44. The fourth-order valence-electron chi connectivity index (χ4n) is 2.67. The van der Waals surface area contributed by atoms with E-state index in [0.717, 1.165) is 30.5 Å². The zero-order chi connectivity index (χ0) is 15.5. The molecule has 2 amide bonds. The van der Waals surface area contributed by atoms with Gasteiger partial charge in [-0.2, -0.15) is 0 Å². The summed E-state index contributed by atoms with van der Waals surface area (Å²) in [6.45, 7) is 0.611. The van der Waals surface area contributed by atoms with Crippen molar-refractivity contribution in [3.63, 3.8) is 0 Å². The molecule has 0 aliphatic carbocycles. The number of aryl methyl sites for hydroxylation is 1. The summed E-state index contributed by atoms with van der Waals surface area (Å²) in [5.74, 6) is 0.311. The van der Waals surface area contributed by atoms with E-state index in [9.17, 15) is 15.0 Å². The van der Waals surface area contributed by atoms with Crippen molar-refractivity contribution >= 4 is 17.4 Å². The van der Waals surface area contributed by atoms with Gasteiger partial charge in [-0.25, -0.2) is 4.79 Å². The van der Waals surface area contributed by atoms with Crippen molar-refractivity contribution in [2.24, 2.45) is 0 Å². The van der Waals surface area contributed by atoms with Crippen LogP contribution in [0.25, 0.3) is 0 Å². The first kappa shape index (κ1) is 14.3. The van der Waals surface area contributed by atoms with Gasteiger partial charge in [0.1, 0.15) is 11.5 Å². The highest BCUT2D eigenvalue weighted by atomic mass is 16.3. The second-order valence-corrected chi connectivity index (χ2v) is 5.40. The van der Waals surface area contributed by atoms with E-state index >= 15 is 0 Å². The van der Waals surface area contributed by atoms with E-state index in [-0.39, 0.29) is 17.5 Å². The van der Waals surface area contributed by atoms with Crippen molar-refractivity contribution < 1.29 is 15.0 Å². The third-order valence-corrected chi connectivity index (χ3v) is 3.80. The Bertz CT molecular complexity index is 683. The summed E-state index contributed by atoms with van der Waals surface area (Å²) < 4.78 is 0. The highest BCUT2D eigenvalue weighted by Gasteiger charge is 2.21. The number of carbonyl (C=O) groups excluding carboxylic acids is 1. The number of hydrogen-bond donors (Lipinski definition) is 3. The standard InChI is InChI=1S/C17H18N2O3/c20-14-8-5-13(6-9-14)18-17(22)19-10-2-1-3-12-4-7-15(21)11-16(12)19/h4-9,11,20-21H,1-3,10H2,(H,18,22). The van der Waals surface area contributed by atoms with Crippen molar-refractivity contribution in [3.05, 3.63) is 48.0 Å². The summed E-state index contributed by atoms with van der Waals surface area (Å²) in [4.78, 5) is 14.2. The number of hydrogen-bond acceptors (Lipinski definition) is 3. The first-order valence-electron chi connectivity index (χ1n) is 7.33. The lowest BCUT2D eigenvalue weighted by molar-refractivity contribution is 0.257. The Kier molecular flexibility index (Phi) is 3.87. The summed E-state index contributed by atoms with van der Waals surface area (Å²) >= 11 is 0. The van der Waals surface area contributed by atoms with Crippen LogP contribution in [0.1, 0.15) is 18.4 Å². The number of phenolic OH excluding ortho intramolecular Hbond substituents is 2. The summed E-state index contributed by atoms with van der Waals surface area (Å²) in [6, 6.07) is 11.3. The minimum Gasteiger partial charge on any atom is -0.508 e. The Morgan fingerprint density at radius 3 is 2.50 bits per heavy atom. The van der Waals surface area contributed by atoms with E-state index in [1.165, 1.54) is 12.1 Å². The maximum absolute atomic E-state index is 12.5. The van der Waals surface area contributed by atoms with Gasteiger partial charge in [-0.05, 0) is 55.2 Å². The lowest BCUT2D eigenvalue weighted by atomic mass is 10.1. The van der Waals surface area contributed by atoms with Crippen molar-refractivity contribution in [2.75, 3.05) is 16.8 Å². The van der Waals surface area contributed by atoms with Gasteiger partial charge in [0.2, 0.25) is 0 Å². The van der Waals surface area contributed by atoms with Gasteiger partial charge in [-0.15, -0.1) is 0 Å². The van der Waals surface area contributed by atoms with Crippen LogP contribution in [-0.2, 0) is 6.42 Å². The number of nitrogens with zero attached hydrogens (tertiary/aromatic N) is 1. The number of nitrogens with one attached hydrogen (secondary N) is 1. The summed E-state index contributed by atoms with van der Waals surface area (Å²) in [7, 11) is 0. The molecular formula is C17H18N2O3. The van der Waals surface area contributed by atoms with E-state index in [1.807, 2.05) is 6.07 Å². The van der Waals surface area contributed by atoms with Crippen LogP contribution >= 0.6 is 0 Å². The molecule has 0 spiro atoms. The van der Waals surface area contributed by atoms with Gasteiger partial charge in [0.25, 0.3) is 0 Å². The van der Waals surface area contributed by atoms with Gasteiger partial charge in [0.15, 0.2) is 0 Å². The van der Waals surface area contributed by atoms with Crippen LogP contribution in [0, 0.1) is 0 Å². The van der Waals surface area contributed by atoms with Crippen LogP contribution in [0.5, 0.6) is 11.5 Å². The highest BCUT2D eigenvalue weighted by molar-refractivity contribution is 6.02. The largest absolute Gasteiger partial charge is 0.508 e. The van der Waals surface area contributed by atoms with Crippen LogP contribution in [-0.4, -0.2) is 22.8 Å². The predicted octanol–water partition coefficient (Wildman–Crippen LogP) is 3.47. The third kappa shape index (κ3) is 2.98. The second kappa shape index (κ2) is 5.97. The number of benzene rings is 2. The van der Waals surface area contributed by atoms with Gasteiger partial charge in [-0.3, -0.25) is 4.90 Å². The molecule has 114 valence electrons. The number of rotatable bonds is 1. The number of amides is 2. The molecule has 2 aromatic rings. The maximum Gasteiger partial charge on any atom is 0.326 e. The average molecular weight is 298 g/mol. The van der Waals surface area contributed by atoms with Crippen molar-refractivity contribution in [1.82, 2.24) is 0 Å². The van der Waals surface area contributed by atoms with Gasteiger partial charge in [-0.1, -0.05) is 6.07 Å². The van der Waals surface area contributed by atoms with Crippen LogP contribution < -0.4 is 10.2 Å². The number of urea groups is 1. The fraction of sp³-hybridized carbons (Fsp3) is 0.235. The number of fused-ring (bicyclic) bond motifs is 1. The molecule has 5 heteroatoms. The van der Waals surface area contributed by atoms with E-state index in [4.69, 9.17) is 0 Å². The predicted molar refractivity (Wildman–Crippen MR) is 85.5 cm³/mol. The fourth-order valence-corrected chi connectivity index (χ4v) is 2.67. The normalized spacial score (nSPS) is 14.1. The van der Waals surface area contributed by atoms with Gasteiger partial charge < -0.3 is 15.5 Å². The molecule has 0 saturated carbocycles. The van der Waals surface area contributed by atoms with Crippen LogP contribution in [0.4, 0.5) is 16.2 Å². The first-order chi connectivity index (χ1) is 10.6. The molecule has 2 aromatic carbocycles. The molecule has 0 fully saturated rings. The quantitative estimate of drug-likeness (QED) is 0.706. The maximum atomic E-state index is 12.5. The van der Waals surface area contributed by atoms with E-state index in [1.54, 1.807) is 29.2 Å². The van der Waals surface area contributed by atoms with E-state index < -0.39 is 0 Å². The molecule has 0 radical (unpaired) electrons. The van der Waals surface area contributed by atoms with Gasteiger partial charge in [0.05, 0.1) is 5.69 Å². The smallest absolute Gasteiger partial charge is 0.326 e. The summed E-state index contributed by atoms with van der Waals surface area (Å²) in [6.07, 6.45) is 2.83. The molecule has 1 aliphatic rings. The Labute approximate surface area is 128 Å². The van der Waals surface area contributed by atoms with Crippen LogP contribution in [0.15, 0.2) is 42.5 Å². The SMILES string of the molecule is O=C(Nc1ccc(O)cc1)N1CCCCc2ccc(O)cc21. The lowest BCUT2D eigenvalue weighted by Crippen LogP contribution is -2.35. The topological polar surface area (TPSA) is 72.8 Å². The zero-order valence-electron chi connectivity index (χ0n) is 12.1. The molecule has 0 atom stereocenters. The molecular weight excluding hydrogens is 280 g/mol. The van der Waals surface area contributed by atoms with Gasteiger partial charge in [0, 0.05) is 18.3 Å². The molecule has 3 N–H and O–H groups in total. The van der Waals surface area contributed by atoms with Crippen LogP contribution in [0.3, 0.4) is 0 Å². The molecule has 0 unspecified atom stereocenters. The lowest BCUT2D eigenvalue weighted by Gasteiger charge is -2.23. The molecule has 1 heterocycles. The number of aromatic hydroxyl groups is 2. The van der Waals surface area contributed by atoms with Crippen molar-refractivity contribution in [1.29, 1.82) is 0 Å². The van der Waals surface area contributed by atoms with Gasteiger partial charge >= 0.3 is 6.03 Å². The molecule has 5 nitrogen and oxygen atoms in total. The molecule has 0 bridgehead atoms. The number of carbonyl (C=O) groups is 1. The number of anilines is 2. The third-order valence-electron chi connectivity index (χ3n) is 3.80. The second-order valence-electron chi connectivity index (χ2n) is 5.40. The average Bonchev–Trinajstić information content (AvgIpc) is 2.71. The van der Waals surface area contributed by atoms with E-state index in [2.05, 4.69) is 5.32 Å². The molecule has 22 heavy (non-hydrogen) atoms. The van der Waals surface area contributed by atoms with Crippen molar-refractivity contribution in [3.8, 4) is 11.5 Å². The van der Waals surface area contributed by atoms with Crippen LogP contribution in [0.2, 0.25) is 0 Å².